The number of hydrogen-bond donors (Lipinski definition) is 1. The van der Waals surface area contributed by atoms with Gasteiger partial charge in [0.15, 0.2) is 0 Å². The Bertz CT molecular complexity index is 731. The van der Waals surface area contributed by atoms with Gasteiger partial charge >= 0.3 is 0 Å². The van der Waals surface area contributed by atoms with Crippen LogP contribution >= 0.6 is 0 Å². The zero-order valence-electron chi connectivity index (χ0n) is 10.8. The lowest BCUT2D eigenvalue weighted by Gasteiger charge is -2.29. The van der Waals surface area contributed by atoms with Gasteiger partial charge in [0, 0.05) is 12.2 Å². The maximum atomic E-state index is 12.6. The summed E-state index contributed by atoms with van der Waals surface area (Å²) in [7, 11) is 0. The third-order valence-corrected chi connectivity index (χ3v) is 3.56. The largest absolute Gasteiger partial charge is 0.398 e. The number of carbonyl (C=O) groups excluding carboxylic acids is 1. The molecule has 4 heteroatoms. The molecular weight excluding hydrogens is 250 g/mol. The fourth-order valence-electron chi connectivity index (χ4n) is 2.59. The van der Waals surface area contributed by atoms with Gasteiger partial charge < -0.3 is 10.6 Å². The lowest BCUT2D eigenvalue weighted by Crippen LogP contribution is -2.38. The molecule has 1 aliphatic heterocycles. The summed E-state index contributed by atoms with van der Waals surface area (Å²) in [5.74, 6) is -0.132. The van der Waals surface area contributed by atoms with E-state index < -0.39 is 0 Å². The molecule has 1 amide bonds. The Kier molecular flexibility index (Phi) is 2.88. The van der Waals surface area contributed by atoms with E-state index in [1.807, 2.05) is 18.2 Å². The predicted octanol–water partition coefficient (Wildman–Crippen LogP) is 2.34. The van der Waals surface area contributed by atoms with Crippen LogP contribution in [0.1, 0.15) is 21.5 Å². The molecule has 4 nitrogen and oxygen atoms in total. The molecule has 0 fully saturated rings. The number of nitriles is 1. The molecule has 0 saturated carbocycles. The van der Waals surface area contributed by atoms with Crippen LogP contribution < -0.4 is 10.6 Å². The van der Waals surface area contributed by atoms with E-state index in [9.17, 15) is 10.1 Å². The Morgan fingerprint density at radius 3 is 2.75 bits per heavy atom. The van der Waals surface area contributed by atoms with Gasteiger partial charge in [0.2, 0.25) is 0 Å². The SMILES string of the molecule is N#Cc1ccccc1N1CCc2cccc(N)c2C1=O. The van der Waals surface area contributed by atoms with Crippen molar-refractivity contribution in [2.75, 3.05) is 17.2 Å². The van der Waals surface area contributed by atoms with Crippen LogP contribution in [0.2, 0.25) is 0 Å². The molecule has 0 aromatic heterocycles. The van der Waals surface area contributed by atoms with Crippen LogP contribution in [-0.2, 0) is 6.42 Å². The number of benzene rings is 2. The molecule has 3 rings (SSSR count). The first-order valence-electron chi connectivity index (χ1n) is 6.40. The second-order valence-corrected chi connectivity index (χ2v) is 4.72. The van der Waals surface area contributed by atoms with E-state index in [-0.39, 0.29) is 5.91 Å². The molecule has 2 aromatic carbocycles. The molecule has 0 spiro atoms. The van der Waals surface area contributed by atoms with Crippen molar-refractivity contribution in [2.24, 2.45) is 0 Å². The van der Waals surface area contributed by atoms with Gasteiger partial charge in [-0.15, -0.1) is 0 Å². The molecule has 0 radical (unpaired) electrons. The van der Waals surface area contributed by atoms with E-state index in [1.165, 1.54) is 0 Å². The summed E-state index contributed by atoms with van der Waals surface area (Å²) in [5, 5.41) is 9.17. The van der Waals surface area contributed by atoms with E-state index in [4.69, 9.17) is 5.73 Å². The summed E-state index contributed by atoms with van der Waals surface area (Å²) >= 11 is 0. The van der Waals surface area contributed by atoms with Gasteiger partial charge in [0.05, 0.1) is 16.8 Å². The number of nitrogens with two attached hydrogens (primary N) is 1. The van der Waals surface area contributed by atoms with Gasteiger partial charge in [-0.05, 0) is 30.2 Å². The van der Waals surface area contributed by atoms with Crippen LogP contribution in [0.4, 0.5) is 11.4 Å². The molecule has 2 N–H and O–H groups in total. The number of nitrogen functional groups attached to an aromatic ring is 1. The first-order valence-corrected chi connectivity index (χ1v) is 6.40. The Balaban J connectivity index is 2.09. The number of anilines is 2. The van der Waals surface area contributed by atoms with Crippen LogP contribution in [0.5, 0.6) is 0 Å². The number of amides is 1. The lowest BCUT2D eigenvalue weighted by atomic mass is 9.96. The first kappa shape index (κ1) is 12.2. The third kappa shape index (κ3) is 1.81. The minimum absolute atomic E-state index is 0.132. The third-order valence-electron chi connectivity index (χ3n) is 3.56. The number of rotatable bonds is 1. The maximum Gasteiger partial charge on any atom is 0.260 e. The highest BCUT2D eigenvalue weighted by molar-refractivity contribution is 6.11. The highest BCUT2D eigenvalue weighted by Gasteiger charge is 2.28. The number of hydrogen-bond acceptors (Lipinski definition) is 3. The monoisotopic (exact) mass is 263 g/mol. The summed E-state index contributed by atoms with van der Waals surface area (Å²) in [4.78, 5) is 14.3. The van der Waals surface area contributed by atoms with Gasteiger partial charge in [-0.2, -0.15) is 5.26 Å². The van der Waals surface area contributed by atoms with E-state index in [2.05, 4.69) is 6.07 Å². The fraction of sp³-hybridized carbons (Fsp3) is 0.125. The first-order chi connectivity index (χ1) is 9.72. The molecule has 1 aliphatic rings. The normalized spacial score (nSPS) is 13.8. The Morgan fingerprint density at radius 2 is 1.95 bits per heavy atom. The summed E-state index contributed by atoms with van der Waals surface area (Å²) in [6.07, 6.45) is 0.742. The van der Waals surface area contributed by atoms with Crippen molar-refractivity contribution in [2.45, 2.75) is 6.42 Å². The Labute approximate surface area is 117 Å². The number of fused-ring (bicyclic) bond motifs is 1. The minimum atomic E-state index is -0.132. The van der Waals surface area contributed by atoms with E-state index in [1.54, 1.807) is 29.2 Å². The topological polar surface area (TPSA) is 70.1 Å². The highest BCUT2D eigenvalue weighted by Crippen LogP contribution is 2.29. The Hall–Kier alpha value is -2.80. The number of para-hydroxylation sites is 1. The van der Waals surface area contributed by atoms with Gasteiger partial charge in [-0.3, -0.25) is 4.79 Å². The van der Waals surface area contributed by atoms with Gasteiger partial charge in [0.25, 0.3) is 5.91 Å². The van der Waals surface area contributed by atoms with Crippen molar-refractivity contribution in [1.82, 2.24) is 0 Å². The quantitative estimate of drug-likeness (QED) is 0.803. The lowest BCUT2D eigenvalue weighted by molar-refractivity contribution is 0.0981. The smallest absolute Gasteiger partial charge is 0.260 e. The van der Waals surface area contributed by atoms with E-state index in [0.717, 1.165) is 12.0 Å². The summed E-state index contributed by atoms with van der Waals surface area (Å²) < 4.78 is 0. The number of nitrogens with zero attached hydrogens (tertiary/aromatic N) is 2. The van der Waals surface area contributed by atoms with E-state index in [0.29, 0.717) is 29.0 Å². The second kappa shape index (κ2) is 4.71. The van der Waals surface area contributed by atoms with Crippen LogP contribution in [0, 0.1) is 11.3 Å². The van der Waals surface area contributed by atoms with Crippen molar-refractivity contribution in [3.8, 4) is 6.07 Å². The molecule has 0 saturated heterocycles. The molecular formula is C16H13N3O. The molecule has 0 aliphatic carbocycles. The Morgan fingerprint density at radius 1 is 1.15 bits per heavy atom. The zero-order chi connectivity index (χ0) is 14.1. The zero-order valence-corrected chi connectivity index (χ0v) is 10.8. The summed E-state index contributed by atoms with van der Waals surface area (Å²) in [6.45, 7) is 0.563. The number of carbonyl (C=O) groups is 1. The highest BCUT2D eigenvalue weighted by atomic mass is 16.2. The van der Waals surface area contributed by atoms with Crippen LogP contribution in [0.15, 0.2) is 42.5 Å². The molecule has 1 heterocycles. The average Bonchev–Trinajstić information content (AvgIpc) is 2.48. The molecule has 0 unspecified atom stereocenters. The molecule has 20 heavy (non-hydrogen) atoms. The van der Waals surface area contributed by atoms with Crippen LogP contribution in [-0.4, -0.2) is 12.5 Å². The standard InChI is InChI=1S/C16H13N3O/c17-10-12-4-1-2-7-14(12)19-9-8-11-5-3-6-13(18)15(11)16(19)20/h1-7H,8-9,18H2. The molecule has 2 aromatic rings. The summed E-state index contributed by atoms with van der Waals surface area (Å²) in [6, 6.07) is 14.8. The van der Waals surface area contributed by atoms with Crippen molar-refractivity contribution >= 4 is 17.3 Å². The van der Waals surface area contributed by atoms with Crippen molar-refractivity contribution in [3.63, 3.8) is 0 Å². The minimum Gasteiger partial charge on any atom is -0.398 e. The fourth-order valence-corrected chi connectivity index (χ4v) is 2.59. The van der Waals surface area contributed by atoms with E-state index >= 15 is 0 Å². The summed E-state index contributed by atoms with van der Waals surface area (Å²) in [5.41, 5.74) is 9.10. The maximum absolute atomic E-state index is 12.6. The molecule has 98 valence electrons. The predicted molar refractivity (Wildman–Crippen MR) is 77.4 cm³/mol. The van der Waals surface area contributed by atoms with Crippen LogP contribution in [0.3, 0.4) is 0 Å². The van der Waals surface area contributed by atoms with Crippen molar-refractivity contribution < 1.29 is 4.79 Å². The molecule has 0 atom stereocenters. The van der Waals surface area contributed by atoms with Gasteiger partial charge in [-0.1, -0.05) is 24.3 Å². The van der Waals surface area contributed by atoms with Crippen molar-refractivity contribution in [1.29, 1.82) is 5.26 Å². The van der Waals surface area contributed by atoms with Crippen LogP contribution in [0.25, 0.3) is 0 Å². The average molecular weight is 263 g/mol. The molecule has 0 bridgehead atoms. The van der Waals surface area contributed by atoms with Gasteiger partial charge in [0.1, 0.15) is 6.07 Å². The van der Waals surface area contributed by atoms with Crippen molar-refractivity contribution in [3.05, 3.63) is 59.2 Å². The second-order valence-electron chi connectivity index (χ2n) is 4.72. The van der Waals surface area contributed by atoms with Gasteiger partial charge in [-0.25, -0.2) is 0 Å².